The number of carbonyl (C=O) groups is 3. The molecule has 4 aliphatic rings. The van der Waals surface area contributed by atoms with E-state index in [-0.39, 0.29) is 23.7 Å². The van der Waals surface area contributed by atoms with Gasteiger partial charge in [0.1, 0.15) is 18.2 Å². The molecule has 2 N–H and O–H groups in total. The smallest absolute Gasteiger partial charge is 0.412 e. The molecule has 0 aromatic heterocycles. The van der Waals surface area contributed by atoms with Crippen LogP contribution < -0.4 is 10.6 Å². The molecule has 4 rings (SSSR count). The Morgan fingerprint density at radius 1 is 1.03 bits per heavy atom. The Balaban J connectivity index is 1.60. The summed E-state index contributed by atoms with van der Waals surface area (Å²) in [6.45, 7) is 13.4. The second-order valence-electron chi connectivity index (χ2n) is 11.5. The number of piperidine rings is 1. The minimum atomic E-state index is -0.576. The summed E-state index contributed by atoms with van der Waals surface area (Å²) in [6, 6.07) is -1.10. The van der Waals surface area contributed by atoms with Crippen LogP contribution in [0.2, 0.25) is 0 Å². The van der Waals surface area contributed by atoms with Crippen molar-refractivity contribution in [3.8, 4) is 0 Å². The van der Waals surface area contributed by atoms with Gasteiger partial charge in [0.15, 0.2) is 0 Å². The zero-order valence-corrected chi connectivity index (χ0v) is 22.0. The van der Waals surface area contributed by atoms with E-state index >= 15 is 0 Å². The highest BCUT2D eigenvalue weighted by molar-refractivity contribution is 5.95. The molecule has 0 spiro atoms. The van der Waals surface area contributed by atoms with Crippen LogP contribution >= 0.6 is 0 Å². The van der Waals surface area contributed by atoms with Crippen LogP contribution in [-0.4, -0.2) is 96.7 Å². The maximum absolute atomic E-state index is 13.8. The lowest BCUT2D eigenvalue weighted by molar-refractivity contribution is -0.157. The molecule has 9 heteroatoms. The third-order valence-electron chi connectivity index (χ3n) is 8.40. The number of nitrogens with one attached hydrogen (secondary N) is 2. The molecule has 0 saturated carbocycles. The van der Waals surface area contributed by atoms with Gasteiger partial charge in [-0.1, -0.05) is 34.1 Å². The largest absolute Gasteiger partial charge is 0.449 e. The number of rotatable bonds is 8. The van der Waals surface area contributed by atoms with Crippen LogP contribution in [0.1, 0.15) is 59.8 Å². The van der Waals surface area contributed by atoms with Crippen molar-refractivity contribution in [3.05, 3.63) is 0 Å². The number of amides is 3. The highest BCUT2D eigenvalue weighted by Gasteiger charge is 2.57. The molecule has 4 aliphatic heterocycles. The maximum Gasteiger partial charge on any atom is 0.412 e. The van der Waals surface area contributed by atoms with Crippen LogP contribution in [0.4, 0.5) is 4.79 Å². The highest BCUT2D eigenvalue weighted by atomic mass is 16.6. The Kier molecular flexibility index (Phi) is 8.58. The van der Waals surface area contributed by atoms with Crippen LogP contribution in [0.5, 0.6) is 0 Å². The van der Waals surface area contributed by atoms with Crippen molar-refractivity contribution in [1.29, 1.82) is 0 Å². The summed E-state index contributed by atoms with van der Waals surface area (Å²) in [5.41, 5.74) is 0. The summed E-state index contributed by atoms with van der Waals surface area (Å²) < 4.78 is 5.81. The first-order valence-corrected chi connectivity index (χ1v) is 13.8. The molecule has 198 valence electrons. The number of carbonyl (C=O) groups excluding carboxylic acids is 3. The van der Waals surface area contributed by atoms with Gasteiger partial charge in [0.05, 0.1) is 13.2 Å². The predicted molar refractivity (Wildman–Crippen MR) is 133 cm³/mol. The number of fused-ring (bicyclic) bond motifs is 1. The fourth-order valence-corrected chi connectivity index (χ4v) is 6.18. The molecule has 0 bridgehead atoms. The zero-order valence-electron chi connectivity index (χ0n) is 22.0. The molecule has 9 nitrogen and oxygen atoms in total. The third kappa shape index (κ3) is 5.61. The number of ether oxygens (including phenoxy) is 1. The molecule has 4 saturated heterocycles. The molecule has 35 heavy (non-hydrogen) atoms. The van der Waals surface area contributed by atoms with Gasteiger partial charge in [-0.3, -0.25) is 14.5 Å². The quantitative estimate of drug-likeness (QED) is 0.539. The second kappa shape index (κ2) is 11.5. The molecule has 3 amide bonds. The first-order chi connectivity index (χ1) is 16.8. The molecule has 5 atom stereocenters. The van der Waals surface area contributed by atoms with E-state index in [1.165, 1.54) is 0 Å². The average molecular weight is 492 g/mol. The Bertz CT molecular complexity index is 765. The lowest BCUT2D eigenvalue weighted by Crippen LogP contribution is -2.66. The van der Waals surface area contributed by atoms with Gasteiger partial charge < -0.3 is 25.2 Å². The van der Waals surface area contributed by atoms with Crippen LogP contribution in [0.25, 0.3) is 0 Å². The van der Waals surface area contributed by atoms with Gasteiger partial charge >= 0.3 is 6.09 Å². The van der Waals surface area contributed by atoms with E-state index < -0.39 is 24.3 Å². The van der Waals surface area contributed by atoms with E-state index in [0.29, 0.717) is 38.0 Å². The molecule has 0 aromatic rings. The summed E-state index contributed by atoms with van der Waals surface area (Å²) >= 11 is 0. The molecule has 4 fully saturated rings. The maximum atomic E-state index is 13.8. The van der Waals surface area contributed by atoms with Gasteiger partial charge in [0.25, 0.3) is 0 Å². The molecule has 0 radical (unpaired) electrons. The van der Waals surface area contributed by atoms with Crippen molar-refractivity contribution >= 4 is 17.9 Å². The van der Waals surface area contributed by atoms with E-state index in [4.69, 9.17) is 4.74 Å². The summed E-state index contributed by atoms with van der Waals surface area (Å²) in [6.07, 6.45) is 3.57. The Hall–Kier alpha value is -1.87. The van der Waals surface area contributed by atoms with Crippen LogP contribution in [0, 0.1) is 23.7 Å². The van der Waals surface area contributed by atoms with E-state index in [1.807, 2.05) is 11.8 Å². The molecule has 3 unspecified atom stereocenters. The van der Waals surface area contributed by atoms with Crippen molar-refractivity contribution in [2.75, 3.05) is 45.9 Å². The van der Waals surface area contributed by atoms with Gasteiger partial charge in [-0.15, -0.1) is 0 Å². The minimum absolute atomic E-state index is 0.0185. The first kappa shape index (κ1) is 26.2. The number of nitrogens with zero attached hydrogens (tertiary/aromatic N) is 3. The molecule has 0 aliphatic carbocycles. The SMILES string of the molecule is CCC(C)[C@H]1C(=O)N(CC2CCNCC2)CC2N1C(=O)[C@H](CC(C)C)N2C(=O)OCC1CCNC1. The van der Waals surface area contributed by atoms with Gasteiger partial charge in [0.2, 0.25) is 11.8 Å². The van der Waals surface area contributed by atoms with Crippen LogP contribution in [-0.2, 0) is 14.3 Å². The van der Waals surface area contributed by atoms with E-state index in [0.717, 1.165) is 51.9 Å². The number of piperazine rings is 1. The van der Waals surface area contributed by atoms with Crippen LogP contribution in [0.3, 0.4) is 0 Å². The number of hydrogen-bond acceptors (Lipinski definition) is 6. The van der Waals surface area contributed by atoms with Gasteiger partial charge in [-0.05, 0) is 63.1 Å². The van der Waals surface area contributed by atoms with E-state index in [1.54, 1.807) is 9.80 Å². The second-order valence-corrected chi connectivity index (χ2v) is 11.5. The Labute approximate surface area is 210 Å². The average Bonchev–Trinajstić information content (AvgIpc) is 3.45. The predicted octanol–water partition coefficient (Wildman–Crippen LogP) is 1.87. The zero-order chi connectivity index (χ0) is 25.1. The van der Waals surface area contributed by atoms with Crippen molar-refractivity contribution in [1.82, 2.24) is 25.3 Å². The van der Waals surface area contributed by atoms with Gasteiger partial charge in [0, 0.05) is 19.0 Å². The molecular weight excluding hydrogens is 446 g/mol. The Morgan fingerprint density at radius 3 is 2.34 bits per heavy atom. The summed E-state index contributed by atoms with van der Waals surface area (Å²) in [5.74, 6) is 0.965. The van der Waals surface area contributed by atoms with Crippen LogP contribution in [0.15, 0.2) is 0 Å². The van der Waals surface area contributed by atoms with E-state index in [2.05, 4.69) is 31.4 Å². The fraction of sp³-hybridized carbons (Fsp3) is 0.885. The highest BCUT2D eigenvalue weighted by Crippen LogP contribution is 2.36. The standard InChI is InChI=1S/C26H45N5O4/c1-5-18(4)23-25(33)29(14-19-6-9-27-10-7-19)15-22-30(21(12-17(2)3)24(32)31(22)23)26(34)35-16-20-8-11-28-13-20/h17-23,27-28H,5-16H2,1-4H3/t18?,20?,21-,22?,23-/m0/s1. The first-order valence-electron chi connectivity index (χ1n) is 13.8. The topological polar surface area (TPSA) is 94.2 Å². The van der Waals surface area contributed by atoms with Gasteiger partial charge in [-0.25, -0.2) is 4.79 Å². The number of hydrogen-bond donors (Lipinski definition) is 2. The van der Waals surface area contributed by atoms with Crippen molar-refractivity contribution in [2.45, 2.75) is 78.0 Å². The lowest BCUT2D eigenvalue weighted by Gasteiger charge is -2.47. The summed E-state index contributed by atoms with van der Waals surface area (Å²) in [7, 11) is 0. The van der Waals surface area contributed by atoms with E-state index in [9.17, 15) is 14.4 Å². The molecule has 4 heterocycles. The fourth-order valence-electron chi connectivity index (χ4n) is 6.18. The third-order valence-corrected chi connectivity index (χ3v) is 8.40. The van der Waals surface area contributed by atoms with Crippen molar-refractivity contribution in [2.24, 2.45) is 23.7 Å². The molecular formula is C26H45N5O4. The normalized spacial score (nSPS) is 30.8. The summed E-state index contributed by atoms with van der Waals surface area (Å²) in [5, 5.41) is 6.71. The van der Waals surface area contributed by atoms with Gasteiger partial charge in [-0.2, -0.15) is 0 Å². The summed E-state index contributed by atoms with van der Waals surface area (Å²) in [4.78, 5) is 46.5. The monoisotopic (exact) mass is 491 g/mol. The minimum Gasteiger partial charge on any atom is -0.449 e. The lowest BCUT2D eigenvalue weighted by atomic mass is 9.91. The van der Waals surface area contributed by atoms with Crippen molar-refractivity contribution in [3.63, 3.8) is 0 Å². The van der Waals surface area contributed by atoms with Crippen molar-refractivity contribution < 1.29 is 19.1 Å². The molecule has 0 aromatic carbocycles. The Morgan fingerprint density at radius 2 is 1.71 bits per heavy atom.